The summed E-state index contributed by atoms with van der Waals surface area (Å²) in [6, 6.07) is 29.3. The van der Waals surface area contributed by atoms with Gasteiger partial charge in [-0.1, -0.05) is 84.4 Å². The molecule has 2 aliphatic rings. The molecule has 6 rings (SSSR count). The lowest BCUT2D eigenvalue weighted by Gasteiger charge is -2.43. The van der Waals surface area contributed by atoms with Crippen molar-refractivity contribution in [3.63, 3.8) is 0 Å². The predicted molar refractivity (Wildman–Crippen MR) is 167 cm³/mol. The molecule has 2 saturated heterocycles. The van der Waals surface area contributed by atoms with E-state index in [0.29, 0.717) is 30.4 Å². The first kappa shape index (κ1) is 28.7. The summed E-state index contributed by atoms with van der Waals surface area (Å²) < 4.78 is 1.98. The first-order valence-corrected chi connectivity index (χ1v) is 15.5. The highest BCUT2D eigenvalue weighted by molar-refractivity contribution is 6.30. The molecule has 3 heterocycles. The van der Waals surface area contributed by atoms with Crippen LogP contribution < -0.4 is 0 Å². The Morgan fingerprint density at radius 2 is 1.50 bits per heavy atom. The number of likely N-dealkylation sites (tertiary alicyclic amines) is 2. The number of benzene rings is 3. The summed E-state index contributed by atoms with van der Waals surface area (Å²) in [7, 11) is 0. The maximum absolute atomic E-state index is 14.1. The lowest BCUT2D eigenvalue weighted by Crippen LogP contribution is -2.47. The molecular weight excluding hydrogens is 544 g/mol. The molecule has 1 aromatic heterocycles. The Balaban J connectivity index is 1.27. The highest BCUT2D eigenvalue weighted by Gasteiger charge is 2.38. The standard InChI is InChI=1S/C35H39ClN4O2/c36-30-16-14-27(15-17-30)23-39-26-37-32(33(39)34(42)40-20-8-7-13-31(40)25-41)24-38-21-18-35(19-22-38,28-9-3-1-4-10-28)29-11-5-2-6-12-29/h1-6,9-12,14-17,26,31,41H,7-8,13,18-25H2. The molecule has 3 aromatic carbocycles. The zero-order chi connectivity index (χ0) is 28.9. The van der Waals surface area contributed by atoms with Gasteiger partial charge in [0.05, 0.1) is 24.7 Å². The average molecular weight is 583 g/mol. The lowest BCUT2D eigenvalue weighted by molar-refractivity contribution is 0.0490. The van der Waals surface area contributed by atoms with E-state index in [1.165, 1.54) is 11.1 Å². The van der Waals surface area contributed by atoms with Gasteiger partial charge in [-0.2, -0.15) is 0 Å². The van der Waals surface area contributed by atoms with Crippen molar-refractivity contribution in [3.05, 3.63) is 124 Å². The molecule has 1 unspecified atom stereocenters. The molecule has 0 bridgehead atoms. The third-order valence-electron chi connectivity index (χ3n) is 9.22. The SMILES string of the molecule is O=C(c1c(CN2CCC(c3ccccc3)(c3ccccc3)CC2)ncn1Cc1ccc(Cl)cc1)N1CCCCC1CO. The molecule has 0 aliphatic carbocycles. The van der Waals surface area contributed by atoms with Crippen molar-refractivity contribution in [1.82, 2.24) is 19.4 Å². The summed E-state index contributed by atoms with van der Waals surface area (Å²) in [5.74, 6) is -0.0323. The number of aliphatic hydroxyl groups excluding tert-OH is 1. The number of aromatic nitrogens is 2. The van der Waals surface area contributed by atoms with Crippen molar-refractivity contribution in [2.45, 2.75) is 56.7 Å². The van der Waals surface area contributed by atoms with Gasteiger partial charge in [-0.3, -0.25) is 9.69 Å². The summed E-state index contributed by atoms with van der Waals surface area (Å²) in [6.07, 6.45) is 6.61. The van der Waals surface area contributed by atoms with Gasteiger partial charge in [-0.05, 0) is 74.0 Å². The van der Waals surface area contributed by atoms with Crippen molar-refractivity contribution in [2.24, 2.45) is 0 Å². The van der Waals surface area contributed by atoms with E-state index in [-0.39, 0.29) is 24.0 Å². The Labute approximate surface area is 253 Å². The van der Waals surface area contributed by atoms with Gasteiger partial charge in [-0.25, -0.2) is 4.98 Å². The highest BCUT2D eigenvalue weighted by Crippen LogP contribution is 2.42. The molecule has 2 aliphatic heterocycles. The number of hydrogen-bond acceptors (Lipinski definition) is 4. The summed E-state index contributed by atoms with van der Waals surface area (Å²) in [5, 5.41) is 10.8. The number of hydrogen-bond donors (Lipinski definition) is 1. The van der Waals surface area contributed by atoms with Crippen LogP contribution in [0.25, 0.3) is 0 Å². The minimum atomic E-state index is -0.148. The molecule has 4 aromatic rings. The zero-order valence-corrected chi connectivity index (χ0v) is 24.8. The smallest absolute Gasteiger partial charge is 0.272 e. The number of amides is 1. The van der Waals surface area contributed by atoms with Crippen molar-refractivity contribution in [1.29, 1.82) is 0 Å². The van der Waals surface area contributed by atoms with Crippen LogP contribution >= 0.6 is 11.6 Å². The van der Waals surface area contributed by atoms with Crippen molar-refractivity contribution in [2.75, 3.05) is 26.2 Å². The average Bonchev–Trinajstić information content (AvgIpc) is 3.44. The Bertz CT molecular complexity index is 1420. The van der Waals surface area contributed by atoms with Crippen molar-refractivity contribution in [3.8, 4) is 0 Å². The van der Waals surface area contributed by atoms with E-state index in [2.05, 4.69) is 65.6 Å². The molecule has 42 heavy (non-hydrogen) atoms. The molecule has 0 saturated carbocycles. The minimum Gasteiger partial charge on any atom is -0.394 e. The van der Waals surface area contributed by atoms with Gasteiger partial charge >= 0.3 is 0 Å². The van der Waals surface area contributed by atoms with Crippen molar-refractivity contribution < 1.29 is 9.90 Å². The maximum Gasteiger partial charge on any atom is 0.272 e. The van der Waals surface area contributed by atoms with Crippen LogP contribution in [0.15, 0.2) is 91.3 Å². The second-order valence-electron chi connectivity index (χ2n) is 11.7. The molecule has 0 spiro atoms. The van der Waals surface area contributed by atoms with Gasteiger partial charge in [-0.15, -0.1) is 0 Å². The van der Waals surface area contributed by atoms with E-state index in [9.17, 15) is 9.90 Å². The first-order chi connectivity index (χ1) is 20.6. The van der Waals surface area contributed by atoms with E-state index in [1.54, 1.807) is 6.33 Å². The molecule has 1 amide bonds. The molecule has 0 radical (unpaired) electrons. The molecular formula is C35H39ClN4O2. The number of piperidine rings is 2. The summed E-state index contributed by atoms with van der Waals surface area (Å²) in [6.45, 7) is 3.62. The summed E-state index contributed by atoms with van der Waals surface area (Å²) >= 11 is 6.13. The fraction of sp³-hybridized carbons (Fsp3) is 0.371. The van der Waals surface area contributed by atoms with Crippen LogP contribution in [0, 0.1) is 0 Å². The molecule has 1 N–H and O–H groups in total. The number of aliphatic hydroxyl groups is 1. The Morgan fingerprint density at radius 1 is 0.857 bits per heavy atom. The van der Waals surface area contributed by atoms with Crippen LogP contribution in [0.1, 0.15) is 65.0 Å². The molecule has 6 nitrogen and oxygen atoms in total. The van der Waals surface area contributed by atoms with E-state index in [0.717, 1.165) is 56.5 Å². The summed E-state index contributed by atoms with van der Waals surface area (Å²) in [4.78, 5) is 23.3. The second-order valence-corrected chi connectivity index (χ2v) is 12.2. The molecule has 218 valence electrons. The van der Waals surface area contributed by atoms with Gasteiger partial charge in [0.15, 0.2) is 0 Å². The van der Waals surface area contributed by atoms with Gasteiger partial charge in [0.25, 0.3) is 5.91 Å². The van der Waals surface area contributed by atoms with Crippen LogP contribution in [0.5, 0.6) is 0 Å². The summed E-state index contributed by atoms with van der Waals surface area (Å²) in [5.41, 5.74) is 5.19. The normalized spacial score (nSPS) is 19.1. The third-order valence-corrected chi connectivity index (χ3v) is 9.47. The Hall–Kier alpha value is -3.45. The Kier molecular flexibility index (Phi) is 8.75. The van der Waals surface area contributed by atoms with Crippen molar-refractivity contribution >= 4 is 17.5 Å². The largest absolute Gasteiger partial charge is 0.394 e. The number of nitrogens with zero attached hydrogens (tertiary/aromatic N) is 4. The minimum absolute atomic E-state index is 0.0143. The monoisotopic (exact) mass is 582 g/mol. The third kappa shape index (κ3) is 5.89. The van der Waals surface area contributed by atoms with Crippen LogP contribution in [0.3, 0.4) is 0 Å². The van der Waals surface area contributed by atoms with Gasteiger partial charge in [0, 0.05) is 30.1 Å². The van der Waals surface area contributed by atoms with Gasteiger partial charge in [0.2, 0.25) is 0 Å². The predicted octanol–water partition coefficient (Wildman–Crippen LogP) is 6.15. The van der Waals surface area contributed by atoms with Crippen LogP contribution in [0.2, 0.25) is 5.02 Å². The van der Waals surface area contributed by atoms with Crippen LogP contribution in [-0.2, 0) is 18.5 Å². The van der Waals surface area contributed by atoms with Crippen LogP contribution in [-0.4, -0.2) is 62.6 Å². The van der Waals surface area contributed by atoms with E-state index < -0.39 is 0 Å². The number of carbonyl (C=O) groups excluding carboxylic acids is 1. The molecule has 1 atom stereocenters. The number of imidazole rings is 1. The highest BCUT2D eigenvalue weighted by atomic mass is 35.5. The number of rotatable bonds is 8. The van der Waals surface area contributed by atoms with E-state index in [1.807, 2.05) is 33.7 Å². The Morgan fingerprint density at radius 3 is 2.12 bits per heavy atom. The van der Waals surface area contributed by atoms with E-state index in [4.69, 9.17) is 16.6 Å². The van der Waals surface area contributed by atoms with Gasteiger partial charge < -0.3 is 14.6 Å². The number of halogens is 1. The van der Waals surface area contributed by atoms with Gasteiger partial charge in [0.1, 0.15) is 5.69 Å². The molecule has 2 fully saturated rings. The second kappa shape index (κ2) is 12.8. The fourth-order valence-electron chi connectivity index (χ4n) is 6.85. The fourth-order valence-corrected chi connectivity index (χ4v) is 6.98. The van der Waals surface area contributed by atoms with E-state index >= 15 is 0 Å². The maximum atomic E-state index is 14.1. The number of carbonyl (C=O) groups is 1. The zero-order valence-electron chi connectivity index (χ0n) is 24.0. The lowest BCUT2D eigenvalue weighted by atomic mass is 9.68. The molecule has 7 heteroatoms. The topological polar surface area (TPSA) is 61.6 Å². The first-order valence-electron chi connectivity index (χ1n) is 15.1. The quantitative estimate of drug-likeness (QED) is 0.270. The van der Waals surface area contributed by atoms with Crippen LogP contribution in [0.4, 0.5) is 0 Å².